The number of carbonyl (C=O) groups is 2. The van der Waals surface area contributed by atoms with E-state index in [4.69, 9.17) is 4.74 Å². The van der Waals surface area contributed by atoms with E-state index in [2.05, 4.69) is 10.6 Å². The zero-order valence-electron chi connectivity index (χ0n) is 17.5. The molecule has 1 unspecified atom stereocenters. The van der Waals surface area contributed by atoms with Crippen molar-refractivity contribution in [2.24, 2.45) is 0 Å². The Kier molecular flexibility index (Phi) is 8.91. The van der Waals surface area contributed by atoms with Crippen LogP contribution in [0.15, 0.2) is 60.7 Å². The van der Waals surface area contributed by atoms with Crippen molar-refractivity contribution in [3.05, 3.63) is 71.8 Å². The molecule has 160 valence electrons. The fraction of sp³-hybridized carbons (Fsp3) is 0.440. The smallest absolute Gasteiger partial charge is 0.251 e. The van der Waals surface area contributed by atoms with Gasteiger partial charge in [-0.1, -0.05) is 67.8 Å². The molecular weight excluding hydrogens is 376 g/mol. The van der Waals surface area contributed by atoms with Gasteiger partial charge in [0.1, 0.15) is 0 Å². The number of amides is 2. The highest BCUT2D eigenvalue weighted by molar-refractivity contribution is 5.94. The zero-order valence-corrected chi connectivity index (χ0v) is 17.5. The van der Waals surface area contributed by atoms with Crippen LogP contribution >= 0.6 is 0 Å². The second-order valence-electron chi connectivity index (χ2n) is 7.84. The molecule has 1 saturated carbocycles. The Morgan fingerprint density at radius 1 is 0.933 bits per heavy atom. The number of hydrogen-bond donors (Lipinski definition) is 2. The summed E-state index contributed by atoms with van der Waals surface area (Å²) in [5.41, 5.74) is 1.50. The van der Waals surface area contributed by atoms with Crippen molar-refractivity contribution < 1.29 is 14.3 Å². The quantitative estimate of drug-likeness (QED) is 0.573. The monoisotopic (exact) mass is 408 g/mol. The first-order valence-corrected chi connectivity index (χ1v) is 11.0. The maximum atomic E-state index is 12.6. The van der Waals surface area contributed by atoms with Crippen molar-refractivity contribution in [3.63, 3.8) is 0 Å². The topological polar surface area (TPSA) is 67.4 Å². The molecule has 0 aliphatic heterocycles. The predicted octanol–water partition coefficient (Wildman–Crippen LogP) is 4.40. The van der Waals surface area contributed by atoms with Crippen molar-refractivity contribution in [2.45, 2.75) is 57.1 Å². The molecule has 0 saturated heterocycles. The number of ether oxygens (including phenoxy) is 1. The molecular formula is C25H32N2O3. The van der Waals surface area contributed by atoms with Gasteiger partial charge in [-0.2, -0.15) is 0 Å². The van der Waals surface area contributed by atoms with Crippen molar-refractivity contribution in [1.29, 1.82) is 0 Å². The molecule has 0 spiro atoms. The first kappa shape index (κ1) is 22.0. The Bertz CT molecular complexity index is 773. The molecule has 30 heavy (non-hydrogen) atoms. The summed E-state index contributed by atoms with van der Waals surface area (Å²) in [6.07, 6.45) is 7.55. The second-order valence-corrected chi connectivity index (χ2v) is 7.84. The van der Waals surface area contributed by atoms with Crippen LogP contribution in [0.4, 0.5) is 0 Å². The number of carbonyl (C=O) groups excluding carboxylic acids is 2. The average Bonchev–Trinajstić information content (AvgIpc) is 2.80. The fourth-order valence-electron chi connectivity index (χ4n) is 3.81. The van der Waals surface area contributed by atoms with Crippen LogP contribution in [-0.4, -0.2) is 31.1 Å². The minimum atomic E-state index is -0.377. The fourth-order valence-corrected chi connectivity index (χ4v) is 3.81. The van der Waals surface area contributed by atoms with Crippen molar-refractivity contribution >= 4 is 11.8 Å². The Balaban J connectivity index is 1.46. The lowest BCUT2D eigenvalue weighted by Gasteiger charge is -2.22. The average molecular weight is 409 g/mol. The van der Waals surface area contributed by atoms with Crippen molar-refractivity contribution in [1.82, 2.24) is 10.6 Å². The van der Waals surface area contributed by atoms with E-state index in [9.17, 15) is 9.59 Å². The van der Waals surface area contributed by atoms with Gasteiger partial charge in [-0.25, -0.2) is 0 Å². The molecule has 0 aromatic heterocycles. The van der Waals surface area contributed by atoms with Crippen LogP contribution in [0.3, 0.4) is 0 Å². The van der Waals surface area contributed by atoms with Crippen LogP contribution in [0.5, 0.6) is 0 Å². The standard InChI is InChI=1S/C25H32N2O3/c28-24(26-17-10-18-30-22-15-8-3-9-16-22)19-23(20-11-4-1-5-12-20)27-25(29)21-13-6-2-7-14-21/h1-2,4-7,11-14,22-23H,3,8-10,15-19H2,(H,26,28)(H,27,29). The SMILES string of the molecule is O=C(CC(NC(=O)c1ccccc1)c1ccccc1)NCCCOC1CCCCC1. The molecule has 5 heteroatoms. The lowest BCUT2D eigenvalue weighted by atomic mass is 9.98. The maximum Gasteiger partial charge on any atom is 0.251 e. The van der Waals surface area contributed by atoms with Crippen LogP contribution in [0.25, 0.3) is 0 Å². The molecule has 2 N–H and O–H groups in total. The highest BCUT2D eigenvalue weighted by atomic mass is 16.5. The summed E-state index contributed by atoms with van der Waals surface area (Å²) in [7, 11) is 0. The summed E-state index contributed by atoms with van der Waals surface area (Å²) in [5.74, 6) is -0.256. The lowest BCUT2D eigenvalue weighted by molar-refractivity contribution is -0.121. The Hall–Kier alpha value is -2.66. The molecule has 1 aliphatic carbocycles. The number of benzene rings is 2. The van der Waals surface area contributed by atoms with Crippen LogP contribution in [-0.2, 0) is 9.53 Å². The van der Waals surface area contributed by atoms with Crippen LogP contribution < -0.4 is 10.6 Å². The molecule has 2 amide bonds. The first-order chi connectivity index (χ1) is 14.7. The van der Waals surface area contributed by atoms with Crippen LogP contribution in [0.1, 0.15) is 66.9 Å². The summed E-state index contributed by atoms with van der Waals surface area (Å²) in [6.45, 7) is 1.26. The molecule has 2 aromatic carbocycles. The van der Waals surface area contributed by atoms with E-state index in [0.717, 1.165) is 24.8 Å². The highest BCUT2D eigenvalue weighted by Gasteiger charge is 2.19. The number of rotatable bonds is 10. The van der Waals surface area contributed by atoms with E-state index in [1.807, 2.05) is 48.5 Å². The van der Waals surface area contributed by atoms with E-state index < -0.39 is 0 Å². The Morgan fingerprint density at radius 3 is 2.30 bits per heavy atom. The van der Waals surface area contributed by atoms with Gasteiger partial charge in [0.2, 0.25) is 5.91 Å². The van der Waals surface area contributed by atoms with Gasteiger partial charge in [-0.05, 0) is 37.0 Å². The summed E-state index contributed by atoms with van der Waals surface area (Å²) in [5, 5.41) is 5.96. The maximum absolute atomic E-state index is 12.6. The van der Waals surface area contributed by atoms with Crippen molar-refractivity contribution in [3.8, 4) is 0 Å². The summed E-state index contributed by atoms with van der Waals surface area (Å²) in [4.78, 5) is 25.1. The molecule has 0 bridgehead atoms. The van der Waals surface area contributed by atoms with E-state index in [1.54, 1.807) is 12.1 Å². The molecule has 0 heterocycles. The van der Waals surface area contributed by atoms with Gasteiger partial charge in [0.05, 0.1) is 18.6 Å². The minimum absolute atomic E-state index is 0.0742. The lowest BCUT2D eigenvalue weighted by Crippen LogP contribution is -2.34. The van der Waals surface area contributed by atoms with E-state index >= 15 is 0 Å². The molecule has 3 rings (SSSR count). The third kappa shape index (κ3) is 7.30. The minimum Gasteiger partial charge on any atom is -0.378 e. The van der Waals surface area contributed by atoms with Gasteiger partial charge < -0.3 is 15.4 Å². The largest absolute Gasteiger partial charge is 0.378 e. The Morgan fingerprint density at radius 2 is 1.60 bits per heavy atom. The molecule has 1 atom stereocenters. The summed E-state index contributed by atoms with van der Waals surface area (Å²) in [6, 6.07) is 18.3. The molecule has 1 aliphatic rings. The zero-order chi connectivity index (χ0) is 21.0. The van der Waals surface area contributed by atoms with Crippen LogP contribution in [0.2, 0.25) is 0 Å². The predicted molar refractivity (Wildman–Crippen MR) is 118 cm³/mol. The highest BCUT2D eigenvalue weighted by Crippen LogP contribution is 2.20. The van der Waals surface area contributed by atoms with Gasteiger partial charge >= 0.3 is 0 Å². The molecule has 1 fully saturated rings. The van der Waals surface area contributed by atoms with Crippen molar-refractivity contribution in [2.75, 3.05) is 13.2 Å². The number of hydrogen-bond acceptors (Lipinski definition) is 3. The van der Waals surface area contributed by atoms with Gasteiger partial charge in [0.15, 0.2) is 0 Å². The van der Waals surface area contributed by atoms with E-state index in [-0.39, 0.29) is 24.3 Å². The van der Waals surface area contributed by atoms with E-state index in [1.165, 1.54) is 19.3 Å². The summed E-state index contributed by atoms with van der Waals surface area (Å²) >= 11 is 0. The van der Waals surface area contributed by atoms with Gasteiger partial charge in [-0.15, -0.1) is 0 Å². The molecule has 0 radical (unpaired) electrons. The normalized spacial score (nSPS) is 15.3. The van der Waals surface area contributed by atoms with Gasteiger partial charge in [0, 0.05) is 18.7 Å². The van der Waals surface area contributed by atoms with Crippen LogP contribution in [0, 0.1) is 0 Å². The summed E-state index contributed by atoms with van der Waals surface area (Å²) < 4.78 is 5.91. The second kappa shape index (κ2) is 12.1. The van der Waals surface area contributed by atoms with Gasteiger partial charge in [0.25, 0.3) is 5.91 Å². The van der Waals surface area contributed by atoms with E-state index in [0.29, 0.717) is 24.8 Å². The molecule has 5 nitrogen and oxygen atoms in total. The number of nitrogens with one attached hydrogen (secondary N) is 2. The molecule has 2 aromatic rings. The van der Waals surface area contributed by atoms with Gasteiger partial charge in [-0.3, -0.25) is 9.59 Å². The first-order valence-electron chi connectivity index (χ1n) is 11.0. The third-order valence-electron chi connectivity index (χ3n) is 5.48. The Labute approximate surface area is 179 Å². The third-order valence-corrected chi connectivity index (χ3v) is 5.48.